The molecule has 0 spiro atoms. The normalized spacial score (nSPS) is 14.2. The molecule has 0 radical (unpaired) electrons. The van der Waals surface area contributed by atoms with Gasteiger partial charge in [-0.1, -0.05) is 6.92 Å². The number of rotatable bonds is 4. The van der Waals surface area contributed by atoms with Gasteiger partial charge in [0.05, 0.1) is 11.2 Å². The average Bonchev–Trinajstić information content (AvgIpc) is 2.29. The lowest BCUT2D eigenvalue weighted by Gasteiger charge is -2.21. The molecule has 5 heteroatoms. The first kappa shape index (κ1) is 13.6. The zero-order chi connectivity index (χ0) is 13.1. The van der Waals surface area contributed by atoms with Crippen LogP contribution in [0, 0.1) is 11.6 Å². The fourth-order valence-electron chi connectivity index (χ4n) is 1.16. The van der Waals surface area contributed by atoms with Crippen LogP contribution in [0.2, 0.25) is 0 Å². The molecule has 17 heavy (non-hydrogen) atoms. The van der Waals surface area contributed by atoms with Crippen LogP contribution in [0.3, 0.4) is 0 Å². The number of nitrogens with one attached hydrogen (secondary N) is 1. The average molecular weight is 243 g/mol. The summed E-state index contributed by atoms with van der Waals surface area (Å²) in [7, 11) is 0. The summed E-state index contributed by atoms with van der Waals surface area (Å²) in [6, 6.07) is 2.65. The second-order valence-electron chi connectivity index (χ2n) is 4.16. The van der Waals surface area contributed by atoms with E-state index in [4.69, 9.17) is 0 Å². The predicted molar refractivity (Wildman–Crippen MR) is 59.6 cm³/mol. The Morgan fingerprint density at radius 1 is 1.47 bits per heavy atom. The van der Waals surface area contributed by atoms with Crippen LogP contribution >= 0.6 is 0 Å². The molecule has 0 heterocycles. The van der Waals surface area contributed by atoms with Crippen LogP contribution in [0.5, 0.6) is 0 Å². The van der Waals surface area contributed by atoms with Crippen LogP contribution in [0.15, 0.2) is 18.2 Å². The molecule has 1 amide bonds. The monoisotopic (exact) mass is 243 g/mol. The summed E-state index contributed by atoms with van der Waals surface area (Å²) in [5, 5.41) is 12.0. The fraction of sp³-hybridized carbons (Fsp3) is 0.417. The lowest BCUT2D eigenvalue weighted by molar-refractivity contribution is 0.0517. The molecular weight excluding hydrogens is 228 g/mol. The number of aliphatic hydroxyl groups is 1. The minimum atomic E-state index is -1.06. The molecule has 1 aromatic carbocycles. The molecule has 0 aliphatic heterocycles. The largest absolute Gasteiger partial charge is 0.388 e. The number of hydrogen-bond donors (Lipinski definition) is 2. The summed E-state index contributed by atoms with van der Waals surface area (Å²) in [6.07, 6.45) is 0.443. The topological polar surface area (TPSA) is 49.3 Å². The molecule has 1 atom stereocenters. The summed E-state index contributed by atoms with van der Waals surface area (Å²) in [4.78, 5) is 11.6. The molecule has 1 aromatic rings. The van der Waals surface area contributed by atoms with Gasteiger partial charge < -0.3 is 10.4 Å². The first-order valence-electron chi connectivity index (χ1n) is 5.31. The van der Waals surface area contributed by atoms with E-state index in [0.29, 0.717) is 6.42 Å². The first-order chi connectivity index (χ1) is 7.85. The van der Waals surface area contributed by atoms with Crippen LogP contribution < -0.4 is 5.32 Å². The number of benzene rings is 1. The van der Waals surface area contributed by atoms with Crippen molar-refractivity contribution in [3.05, 3.63) is 35.4 Å². The highest BCUT2D eigenvalue weighted by atomic mass is 19.1. The number of carbonyl (C=O) groups is 1. The zero-order valence-corrected chi connectivity index (χ0v) is 9.76. The molecular formula is C12H15F2NO2. The van der Waals surface area contributed by atoms with E-state index in [9.17, 15) is 18.7 Å². The highest BCUT2D eigenvalue weighted by Crippen LogP contribution is 2.11. The molecule has 3 nitrogen and oxygen atoms in total. The van der Waals surface area contributed by atoms with Gasteiger partial charge >= 0.3 is 0 Å². The molecule has 0 bridgehead atoms. The maximum absolute atomic E-state index is 13.2. The standard InChI is InChI=1S/C12H15F2NO2/c1-3-12(2,17)7-15-11(16)9-6-8(13)4-5-10(9)14/h4-6,17H,3,7H2,1-2H3,(H,15,16). The van der Waals surface area contributed by atoms with Crippen molar-refractivity contribution in [1.29, 1.82) is 0 Å². The number of amides is 1. The minimum Gasteiger partial charge on any atom is -0.388 e. The maximum Gasteiger partial charge on any atom is 0.254 e. The zero-order valence-electron chi connectivity index (χ0n) is 9.76. The summed E-state index contributed by atoms with van der Waals surface area (Å²) in [5.74, 6) is -2.21. The molecule has 0 fully saturated rings. The van der Waals surface area contributed by atoms with Crippen LogP contribution in [-0.2, 0) is 0 Å². The smallest absolute Gasteiger partial charge is 0.254 e. The third kappa shape index (κ3) is 3.78. The van der Waals surface area contributed by atoms with Crippen molar-refractivity contribution in [2.45, 2.75) is 25.9 Å². The summed E-state index contributed by atoms with van der Waals surface area (Å²) in [6.45, 7) is 3.29. The molecule has 0 aromatic heterocycles. The Bertz CT molecular complexity index is 419. The summed E-state index contributed by atoms with van der Waals surface area (Å²) >= 11 is 0. The van der Waals surface area contributed by atoms with Gasteiger partial charge in [-0.25, -0.2) is 8.78 Å². The summed E-state index contributed by atoms with van der Waals surface area (Å²) < 4.78 is 26.1. The Hall–Kier alpha value is -1.49. The third-order valence-electron chi connectivity index (χ3n) is 2.56. The van der Waals surface area contributed by atoms with E-state index in [1.54, 1.807) is 13.8 Å². The van der Waals surface area contributed by atoms with Crippen LogP contribution in [0.4, 0.5) is 8.78 Å². The number of carbonyl (C=O) groups excluding carboxylic acids is 1. The number of hydrogen-bond acceptors (Lipinski definition) is 2. The highest BCUT2D eigenvalue weighted by molar-refractivity contribution is 5.94. The van der Waals surface area contributed by atoms with Crippen molar-refractivity contribution in [3.8, 4) is 0 Å². The molecule has 0 aliphatic rings. The molecule has 0 saturated carbocycles. The van der Waals surface area contributed by atoms with Gasteiger partial charge in [0.25, 0.3) is 5.91 Å². The molecule has 0 saturated heterocycles. The van der Waals surface area contributed by atoms with Crippen molar-refractivity contribution in [3.63, 3.8) is 0 Å². The van der Waals surface area contributed by atoms with Gasteiger partial charge in [-0.3, -0.25) is 4.79 Å². The Balaban J connectivity index is 2.74. The van der Waals surface area contributed by atoms with Gasteiger partial charge in [-0.15, -0.1) is 0 Å². The summed E-state index contributed by atoms with van der Waals surface area (Å²) in [5.41, 5.74) is -1.42. The van der Waals surface area contributed by atoms with E-state index < -0.39 is 23.1 Å². The lowest BCUT2D eigenvalue weighted by Crippen LogP contribution is -2.40. The van der Waals surface area contributed by atoms with Gasteiger partial charge in [0.2, 0.25) is 0 Å². The molecule has 94 valence electrons. The Morgan fingerprint density at radius 3 is 2.71 bits per heavy atom. The lowest BCUT2D eigenvalue weighted by atomic mass is 10.0. The van der Waals surface area contributed by atoms with Crippen molar-refractivity contribution in [2.24, 2.45) is 0 Å². The quantitative estimate of drug-likeness (QED) is 0.848. The van der Waals surface area contributed by atoms with Crippen molar-refractivity contribution >= 4 is 5.91 Å². The third-order valence-corrected chi connectivity index (χ3v) is 2.56. The van der Waals surface area contributed by atoms with Gasteiger partial charge in [0, 0.05) is 6.54 Å². The first-order valence-corrected chi connectivity index (χ1v) is 5.31. The Labute approximate surface area is 98.5 Å². The highest BCUT2D eigenvalue weighted by Gasteiger charge is 2.20. The molecule has 2 N–H and O–H groups in total. The van der Waals surface area contributed by atoms with Crippen molar-refractivity contribution in [1.82, 2.24) is 5.32 Å². The molecule has 0 aliphatic carbocycles. The van der Waals surface area contributed by atoms with Crippen molar-refractivity contribution in [2.75, 3.05) is 6.54 Å². The number of halogens is 2. The Morgan fingerprint density at radius 2 is 2.12 bits per heavy atom. The fourth-order valence-corrected chi connectivity index (χ4v) is 1.16. The SMILES string of the molecule is CCC(C)(O)CNC(=O)c1cc(F)ccc1F. The second-order valence-corrected chi connectivity index (χ2v) is 4.16. The van der Waals surface area contributed by atoms with Gasteiger partial charge in [-0.2, -0.15) is 0 Å². The van der Waals surface area contributed by atoms with E-state index in [1.165, 1.54) is 0 Å². The van der Waals surface area contributed by atoms with E-state index >= 15 is 0 Å². The van der Waals surface area contributed by atoms with Gasteiger partial charge in [-0.05, 0) is 31.5 Å². The van der Waals surface area contributed by atoms with Crippen LogP contribution in [0.25, 0.3) is 0 Å². The maximum atomic E-state index is 13.2. The van der Waals surface area contributed by atoms with Gasteiger partial charge in [0.15, 0.2) is 0 Å². The van der Waals surface area contributed by atoms with E-state index in [-0.39, 0.29) is 12.1 Å². The van der Waals surface area contributed by atoms with Gasteiger partial charge in [0.1, 0.15) is 11.6 Å². The second kappa shape index (κ2) is 5.23. The van der Waals surface area contributed by atoms with Crippen LogP contribution in [-0.4, -0.2) is 23.2 Å². The molecule has 1 rings (SSSR count). The van der Waals surface area contributed by atoms with Crippen molar-refractivity contribution < 1.29 is 18.7 Å². The Kier molecular flexibility index (Phi) is 4.17. The van der Waals surface area contributed by atoms with Crippen LogP contribution in [0.1, 0.15) is 30.6 Å². The van der Waals surface area contributed by atoms with E-state index in [2.05, 4.69) is 5.32 Å². The van der Waals surface area contributed by atoms with E-state index in [1.807, 2.05) is 0 Å². The molecule has 1 unspecified atom stereocenters. The predicted octanol–water partition coefficient (Wildman–Crippen LogP) is 1.86. The minimum absolute atomic E-state index is 0.0156. The van der Waals surface area contributed by atoms with E-state index in [0.717, 1.165) is 18.2 Å².